The van der Waals surface area contributed by atoms with Gasteiger partial charge in [0.2, 0.25) is 0 Å². The molecule has 1 saturated heterocycles. The molecule has 0 bridgehead atoms. The average Bonchev–Trinajstić information content (AvgIpc) is 2.73. The first-order valence-electron chi connectivity index (χ1n) is 11.7. The lowest BCUT2D eigenvalue weighted by Crippen LogP contribution is -2.36. The number of carbonyl (C=O) groups is 2. The maximum absolute atomic E-state index is 12.5. The number of allylic oxidation sites excluding steroid dienone is 7. The third-order valence-corrected chi connectivity index (χ3v) is 5.76. The Morgan fingerprint density at radius 3 is 2.72 bits per heavy atom. The van der Waals surface area contributed by atoms with Gasteiger partial charge in [-0.2, -0.15) is 0 Å². The van der Waals surface area contributed by atoms with Crippen molar-refractivity contribution in [2.24, 2.45) is 11.8 Å². The normalized spacial score (nSPS) is 28.6. The van der Waals surface area contributed by atoms with Crippen LogP contribution in [0.4, 0.5) is 0 Å². The molecule has 5 atom stereocenters. The lowest BCUT2D eigenvalue weighted by atomic mass is 9.91. The average molecular weight is 439 g/mol. The van der Waals surface area contributed by atoms with Crippen LogP contribution in [0.1, 0.15) is 60.3 Å². The van der Waals surface area contributed by atoms with Gasteiger partial charge in [-0.25, -0.2) is 4.79 Å². The number of carbonyl (C=O) groups excluding carboxylic acids is 2. The summed E-state index contributed by atoms with van der Waals surface area (Å²) in [6.07, 6.45) is 21.9. The summed E-state index contributed by atoms with van der Waals surface area (Å²) in [7, 11) is 0. The van der Waals surface area contributed by atoms with Crippen molar-refractivity contribution >= 4 is 11.8 Å². The Morgan fingerprint density at radius 2 is 2.00 bits per heavy atom. The van der Waals surface area contributed by atoms with Crippen molar-refractivity contribution in [1.29, 1.82) is 0 Å². The van der Waals surface area contributed by atoms with E-state index in [9.17, 15) is 9.59 Å². The van der Waals surface area contributed by atoms with Crippen LogP contribution in [-0.4, -0.2) is 30.1 Å². The van der Waals surface area contributed by atoms with Crippen molar-refractivity contribution in [3.63, 3.8) is 0 Å². The molecule has 0 aliphatic carbocycles. The summed E-state index contributed by atoms with van der Waals surface area (Å²) in [6, 6.07) is 0. The molecular formula is C28H38O4. The minimum absolute atomic E-state index is 0.0277. The zero-order chi connectivity index (χ0) is 23.5. The summed E-state index contributed by atoms with van der Waals surface area (Å²) < 4.78 is 11.2. The van der Waals surface area contributed by atoms with E-state index in [0.717, 1.165) is 31.3 Å². The second-order valence-corrected chi connectivity index (χ2v) is 9.01. The molecule has 0 amide bonds. The van der Waals surface area contributed by atoms with Gasteiger partial charge in [0.1, 0.15) is 12.2 Å². The molecule has 0 aromatic carbocycles. The summed E-state index contributed by atoms with van der Waals surface area (Å²) in [5, 5.41) is 0. The molecule has 0 aromatic rings. The van der Waals surface area contributed by atoms with Gasteiger partial charge in [-0.05, 0) is 64.0 Å². The number of ketones is 1. The molecule has 2 heterocycles. The van der Waals surface area contributed by atoms with Crippen molar-refractivity contribution in [3.8, 4) is 0 Å². The molecule has 2 rings (SSSR count). The second kappa shape index (κ2) is 13.2. The van der Waals surface area contributed by atoms with Gasteiger partial charge in [0, 0.05) is 12.5 Å². The number of hydrogen-bond acceptors (Lipinski definition) is 4. The van der Waals surface area contributed by atoms with Gasteiger partial charge in [0.15, 0.2) is 5.78 Å². The van der Waals surface area contributed by atoms with E-state index >= 15 is 0 Å². The Morgan fingerprint density at radius 1 is 1.22 bits per heavy atom. The van der Waals surface area contributed by atoms with Crippen LogP contribution in [0, 0.1) is 11.8 Å². The predicted molar refractivity (Wildman–Crippen MR) is 130 cm³/mol. The van der Waals surface area contributed by atoms with Gasteiger partial charge in [-0.3, -0.25) is 4.79 Å². The maximum Gasteiger partial charge on any atom is 0.331 e. The van der Waals surface area contributed by atoms with E-state index in [-0.39, 0.29) is 30.1 Å². The molecule has 174 valence electrons. The van der Waals surface area contributed by atoms with Crippen LogP contribution in [0.25, 0.3) is 0 Å². The molecule has 0 aromatic heterocycles. The Labute approximate surface area is 193 Å². The zero-order valence-electron chi connectivity index (χ0n) is 20.1. The largest absolute Gasteiger partial charge is 0.455 e. The molecule has 32 heavy (non-hydrogen) atoms. The van der Waals surface area contributed by atoms with Gasteiger partial charge in [0.05, 0.1) is 6.10 Å². The van der Waals surface area contributed by atoms with Gasteiger partial charge in [-0.1, -0.05) is 67.5 Å². The Balaban J connectivity index is 1.82. The highest BCUT2D eigenvalue weighted by Gasteiger charge is 2.29. The minimum Gasteiger partial charge on any atom is -0.455 e. The van der Waals surface area contributed by atoms with Crippen molar-refractivity contribution in [3.05, 3.63) is 71.9 Å². The first-order valence-corrected chi connectivity index (χ1v) is 11.7. The van der Waals surface area contributed by atoms with Gasteiger partial charge in [0.25, 0.3) is 0 Å². The standard InChI is InChI=1S/C28H38O4/c1-6-9-26-23(5)15-17-27(32-26)25(29)12-7-10-20(2)18-22(4)19-21(3)14-16-24-11-8-13-28(30)31-24/h6-10,12-14,16,19,22-24,26-27H,11,15,17-18H2,1-5H3/b9-6+,12-7+,16-14+,20-10+,21-19-/t22-,23?,24?,26?,27?/m1/s1. The third-order valence-electron chi connectivity index (χ3n) is 5.76. The Bertz CT molecular complexity index is 824. The lowest BCUT2D eigenvalue weighted by molar-refractivity contribution is -0.141. The van der Waals surface area contributed by atoms with E-state index in [1.807, 2.05) is 49.5 Å². The number of ether oxygens (including phenoxy) is 2. The van der Waals surface area contributed by atoms with E-state index in [0.29, 0.717) is 11.8 Å². The highest BCUT2D eigenvalue weighted by Crippen LogP contribution is 2.26. The Kier molecular flexibility index (Phi) is 10.6. The minimum atomic E-state index is -0.340. The third kappa shape index (κ3) is 8.96. The van der Waals surface area contributed by atoms with Crippen molar-refractivity contribution in [1.82, 2.24) is 0 Å². The zero-order valence-corrected chi connectivity index (χ0v) is 20.1. The molecule has 2 aliphatic heterocycles. The van der Waals surface area contributed by atoms with Crippen LogP contribution >= 0.6 is 0 Å². The van der Waals surface area contributed by atoms with E-state index in [2.05, 4.69) is 33.8 Å². The molecule has 2 aliphatic rings. The molecule has 0 N–H and O–H groups in total. The molecule has 4 heteroatoms. The second-order valence-electron chi connectivity index (χ2n) is 9.01. The lowest BCUT2D eigenvalue weighted by Gasteiger charge is -2.32. The maximum atomic E-state index is 12.5. The fourth-order valence-electron chi connectivity index (χ4n) is 4.07. The summed E-state index contributed by atoms with van der Waals surface area (Å²) in [5.41, 5.74) is 2.35. The number of hydrogen-bond donors (Lipinski definition) is 0. The molecule has 0 radical (unpaired) electrons. The van der Waals surface area contributed by atoms with Gasteiger partial charge in [-0.15, -0.1) is 0 Å². The molecular weight excluding hydrogens is 400 g/mol. The van der Waals surface area contributed by atoms with E-state index in [1.165, 1.54) is 11.6 Å². The highest BCUT2D eigenvalue weighted by atomic mass is 16.5. The van der Waals surface area contributed by atoms with Crippen LogP contribution in [0.5, 0.6) is 0 Å². The fraction of sp³-hybridized carbons (Fsp3) is 0.500. The summed E-state index contributed by atoms with van der Waals surface area (Å²) in [4.78, 5) is 23.8. The first-order chi connectivity index (χ1) is 15.3. The fourth-order valence-corrected chi connectivity index (χ4v) is 4.07. The summed E-state index contributed by atoms with van der Waals surface area (Å²) >= 11 is 0. The number of esters is 1. The van der Waals surface area contributed by atoms with E-state index in [1.54, 1.807) is 6.08 Å². The van der Waals surface area contributed by atoms with Crippen molar-refractivity contribution in [2.75, 3.05) is 0 Å². The van der Waals surface area contributed by atoms with Crippen LogP contribution in [0.3, 0.4) is 0 Å². The smallest absolute Gasteiger partial charge is 0.331 e. The summed E-state index contributed by atoms with van der Waals surface area (Å²) in [6.45, 7) is 10.5. The quantitative estimate of drug-likeness (QED) is 0.186. The van der Waals surface area contributed by atoms with Crippen LogP contribution in [0.15, 0.2) is 71.9 Å². The van der Waals surface area contributed by atoms with Crippen LogP contribution in [-0.2, 0) is 19.1 Å². The topological polar surface area (TPSA) is 52.6 Å². The molecule has 1 fully saturated rings. The highest BCUT2D eigenvalue weighted by molar-refractivity contribution is 5.93. The first kappa shape index (κ1) is 25.8. The molecule has 4 nitrogen and oxygen atoms in total. The van der Waals surface area contributed by atoms with Gasteiger partial charge >= 0.3 is 5.97 Å². The monoisotopic (exact) mass is 438 g/mol. The van der Waals surface area contributed by atoms with E-state index in [4.69, 9.17) is 9.47 Å². The molecule has 0 spiro atoms. The predicted octanol–water partition coefficient (Wildman–Crippen LogP) is 6.22. The van der Waals surface area contributed by atoms with E-state index < -0.39 is 0 Å². The van der Waals surface area contributed by atoms with Crippen molar-refractivity contribution in [2.45, 2.75) is 78.6 Å². The van der Waals surface area contributed by atoms with Crippen molar-refractivity contribution < 1.29 is 19.1 Å². The summed E-state index contributed by atoms with van der Waals surface area (Å²) in [5.74, 6) is 0.570. The SMILES string of the molecule is C/C=C/C1OC(C(=O)/C=C/C=C(\C)C[C@@H](C)/C=C(C)\C=C\C2CC=CC(=O)O2)CCC1C. The Hall–Kier alpha value is -2.46. The molecule has 0 saturated carbocycles. The van der Waals surface area contributed by atoms with Crippen LogP contribution in [0.2, 0.25) is 0 Å². The number of rotatable bonds is 9. The molecule has 4 unspecified atom stereocenters. The number of cyclic esters (lactones) is 1. The van der Waals surface area contributed by atoms with Crippen LogP contribution < -0.4 is 0 Å². The van der Waals surface area contributed by atoms with Gasteiger partial charge < -0.3 is 9.47 Å².